The van der Waals surface area contributed by atoms with Gasteiger partial charge in [0.2, 0.25) is 0 Å². The molecule has 0 heterocycles. The van der Waals surface area contributed by atoms with Crippen molar-refractivity contribution in [2.75, 3.05) is 20.6 Å². The number of hydrogen-bond acceptors (Lipinski definition) is 2. The zero-order valence-corrected chi connectivity index (χ0v) is 8.02. The van der Waals surface area contributed by atoms with Crippen LogP contribution in [-0.2, 0) is 0 Å². The first kappa shape index (κ1) is 10.2. The van der Waals surface area contributed by atoms with Gasteiger partial charge < -0.3 is 4.90 Å². The van der Waals surface area contributed by atoms with Crippen LogP contribution in [0.15, 0.2) is 17.3 Å². The van der Waals surface area contributed by atoms with E-state index in [9.17, 15) is 0 Å². The molecule has 0 saturated carbocycles. The van der Waals surface area contributed by atoms with Gasteiger partial charge in [-0.3, -0.25) is 4.99 Å². The average molecular weight is 154 g/mol. The number of rotatable bonds is 4. The Morgan fingerprint density at radius 1 is 1.36 bits per heavy atom. The lowest BCUT2D eigenvalue weighted by molar-refractivity contribution is 0.539. The third kappa shape index (κ3) is 3.21. The summed E-state index contributed by atoms with van der Waals surface area (Å²) in [5.41, 5.74) is 2.13. The minimum atomic E-state index is 0.843. The SMILES string of the molecule is C=C(/C(CC)=N\CC)N(C)C. The summed E-state index contributed by atoms with van der Waals surface area (Å²) < 4.78 is 0. The molecule has 0 fully saturated rings. The summed E-state index contributed by atoms with van der Waals surface area (Å²) in [6, 6.07) is 0. The van der Waals surface area contributed by atoms with Crippen molar-refractivity contribution in [3.63, 3.8) is 0 Å². The first-order valence-electron chi connectivity index (χ1n) is 4.03. The number of hydrogen-bond donors (Lipinski definition) is 0. The quantitative estimate of drug-likeness (QED) is 0.565. The van der Waals surface area contributed by atoms with E-state index in [1.807, 2.05) is 25.9 Å². The van der Waals surface area contributed by atoms with Crippen LogP contribution in [0.3, 0.4) is 0 Å². The van der Waals surface area contributed by atoms with E-state index in [0.29, 0.717) is 0 Å². The van der Waals surface area contributed by atoms with Crippen molar-refractivity contribution in [3.8, 4) is 0 Å². The Balaban J connectivity index is 4.26. The van der Waals surface area contributed by atoms with Gasteiger partial charge in [0.1, 0.15) is 0 Å². The van der Waals surface area contributed by atoms with Crippen LogP contribution in [0.25, 0.3) is 0 Å². The van der Waals surface area contributed by atoms with Gasteiger partial charge in [0.25, 0.3) is 0 Å². The maximum atomic E-state index is 4.34. The van der Waals surface area contributed by atoms with Crippen LogP contribution in [0, 0.1) is 0 Å². The number of nitrogens with zero attached hydrogens (tertiary/aromatic N) is 2. The molecule has 2 heteroatoms. The smallest absolute Gasteiger partial charge is 0.0572 e. The second kappa shape index (κ2) is 4.94. The average Bonchev–Trinajstić information content (AvgIpc) is 1.98. The molecule has 64 valence electrons. The molecule has 0 aliphatic rings. The Kier molecular flexibility index (Phi) is 4.59. The van der Waals surface area contributed by atoms with Gasteiger partial charge in [-0.25, -0.2) is 0 Å². The fourth-order valence-electron chi connectivity index (χ4n) is 0.856. The van der Waals surface area contributed by atoms with Crippen molar-refractivity contribution in [1.29, 1.82) is 0 Å². The van der Waals surface area contributed by atoms with E-state index in [1.54, 1.807) is 0 Å². The van der Waals surface area contributed by atoms with Crippen molar-refractivity contribution >= 4 is 5.71 Å². The first-order chi connectivity index (χ1) is 5.13. The topological polar surface area (TPSA) is 15.6 Å². The van der Waals surface area contributed by atoms with Gasteiger partial charge >= 0.3 is 0 Å². The van der Waals surface area contributed by atoms with Gasteiger partial charge in [-0.15, -0.1) is 0 Å². The lowest BCUT2D eigenvalue weighted by Gasteiger charge is -2.16. The monoisotopic (exact) mass is 154 g/mol. The van der Waals surface area contributed by atoms with Crippen LogP contribution < -0.4 is 0 Å². The molecule has 0 aliphatic carbocycles. The Labute approximate surface area is 69.6 Å². The second-order valence-electron chi connectivity index (χ2n) is 2.62. The molecule has 11 heavy (non-hydrogen) atoms. The largest absolute Gasteiger partial charge is 0.377 e. The van der Waals surface area contributed by atoms with Gasteiger partial charge in [-0.2, -0.15) is 0 Å². The van der Waals surface area contributed by atoms with Crippen LogP contribution in [0.4, 0.5) is 0 Å². The normalized spacial score (nSPS) is 11.5. The Hall–Kier alpha value is -0.790. The molecule has 0 spiro atoms. The predicted octanol–water partition coefficient (Wildman–Crippen LogP) is 1.93. The molecule has 0 unspecified atom stereocenters. The molecule has 0 bridgehead atoms. The third-order valence-corrected chi connectivity index (χ3v) is 1.56. The summed E-state index contributed by atoms with van der Waals surface area (Å²) in [4.78, 5) is 6.34. The highest BCUT2D eigenvalue weighted by Gasteiger charge is 2.02. The van der Waals surface area contributed by atoms with E-state index < -0.39 is 0 Å². The molecule has 0 aliphatic heterocycles. The minimum absolute atomic E-state index is 0.843. The maximum Gasteiger partial charge on any atom is 0.0572 e. The third-order valence-electron chi connectivity index (χ3n) is 1.56. The molecule has 0 atom stereocenters. The highest BCUT2D eigenvalue weighted by atomic mass is 15.1. The first-order valence-corrected chi connectivity index (χ1v) is 4.03. The van der Waals surface area contributed by atoms with Gasteiger partial charge in [-0.1, -0.05) is 13.5 Å². The summed E-state index contributed by atoms with van der Waals surface area (Å²) in [5.74, 6) is 0. The van der Waals surface area contributed by atoms with Gasteiger partial charge in [0.05, 0.1) is 11.4 Å². The van der Waals surface area contributed by atoms with E-state index >= 15 is 0 Å². The second-order valence-corrected chi connectivity index (χ2v) is 2.62. The molecule has 0 radical (unpaired) electrons. The highest BCUT2D eigenvalue weighted by Crippen LogP contribution is 2.02. The fraction of sp³-hybridized carbons (Fsp3) is 0.667. The molecule has 0 N–H and O–H groups in total. The predicted molar refractivity (Wildman–Crippen MR) is 51.1 cm³/mol. The summed E-state index contributed by atoms with van der Waals surface area (Å²) >= 11 is 0. The van der Waals surface area contributed by atoms with Crippen LogP contribution in [0.1, 0.15) is 20.3 Å². The standard InChI is InChI=1S/C9H18N2/c1-6-9(10-7-2)8(3)11(4)5/h3,6-7H2,1-2,4-5H3/b10-9-. The lowest BCUT2D eigenvalue weighted by Crippen LogP contribution is -2.17. The summed E-state index contributed by atoms with van der Waals surface area (Å²) in [6.45, 7) is 8.92. The number of aliphatic imine (C=N–C) groups is 1. The van der Waals surface area contributed by atoms with Crippen molar-refractivity contribution in [2.24, 2.45) is 4.99 Å². The zero-order chi connectivity index (χ0) is 8.85. The van der Waals surface area contributed by atoms with Crippen molar-refractivity contribution in [1.82, 2.24) is 4.90 Å². The van der Waals surface area contributed by atoms with Gasteiger partial charge in [-0.05, 0) is 13.3 Å². The molecule has 2 nitrogen and oxygen atoms in total. The Bertz CT molecular complexity index is 157. The van der Waals surface area contributed by atoms with Crippen molar-refractivity contribution in [3.05, 3.63) is 12.3 Å². The van der Waals surface area contributed by atoms with Crippen LogP contribution in [0.2, 0.25) is 0 Å². The van der Waals surface area contributed by atoms with Crippen LogP contribution in [-0.4, -0.2) is 31.3 Å². The molecule has 0 aromatic carbocycles. The summed E-state index contributed by atoms with van der Waals surface area (Å²) in [6.07, 6.45) is 0.963. The molecular formula is C9H18N2. The lowest BCUT2D eigenvalue weighted by atomic mass is 10.2. The zero-order valence-electron chi connectivity index (χ0n) is 8.02. The van der Waals surface area contributed by atoms with E-state index in [4.69, 9.17) is 0 Å². The van der Waals surface area contributed by atoms with E-state index in [0.717, 1.165) is 24.4 Å². The highest BCUT2D eigenvalue weighted by molar-refractivity contribution is 5.98. The summed E-state index contributed by atoms with van der Waals surface area (Å²) in [7, 11) is 3.98. The molecule has 0 saturated heterocycles. The minimum Gasteiger partial charge on any atom is -0.377 e. The van der Waals surface area contributed by atoms with Crippen molar-refractivity contribution in [2.45, 2.75) is 20.3 Å². The molecular weight excluding hydrogens is 136 g/mol. The summed E-state index contributed by atoms with van der Waals surface area (Å²) in [5, 5.41) is 0. The maximum absolute atomic E-state index is 4.34. The Morgan fingerprint density at radius 2 is 1.91 bits per heavy atom. The van der Waals surface area contributed by atoms with Crippen molar-refractivity contribution < 1.29 is 0 Å². The van der Waals surface area contributed by atoms with Gasteiger partial charge in [0, 0.05) is 20.6 Å². The van der Waals surface area contributed by atoms with E-state index in [-0.39, 0.29) is 0 Å². The van der Waals surface area contributed by atoms with Crippen LogP contribution in [0.5, 0.6) is 0 Å². The van der Waals surface area contributed by atoms with Gasteiger partial charge in [0.15, 0.2) is 0 Å². The molecule has 0 rings (SSSR count). The fourth-order valence-corrected chi connectivity index (χ4v) is 0.856. The number of allylic oxidation sites excluding steroid dienone is 1. The van der Waals surface area contributed by atoms with E-state index in [1.165, 1.54) is 0 Å². The molecule has 0 aromatic heterocycles. The van der Waals surface area contributed by atoms with E-state index in [2.05, 4.69) is 18.5 Å². The molecule has 0 amide bonds. The Morgan fingerprint density at radius 3 is 2.18 bits per heavy atom. The molecule has 0 aromatic rings. The van der Waals surface area contributed by atoms with Crippen LogP contribution >= 0.6 is 0 Å².